The fourth-order valence-corrected chi connectivity index (χ4v) is 2.42. The Kier molecular flexibility index (Phi) is 4.48. The van der Waals surface area contributed by atoms with Gasteiger partial charge in [0.2, 0.25) is 0 Å². The molecule has 0 amide bonds. The fraction of sp³-hybridized carbons (Fsp3) is 0.231. The molecule has 2 rings (SSSR count). The van der Waals surface area contributed by atoms with Crippen LogP contribution in [0.5, 0.6) is 5.75 Å². The van der Waals surface area contributed by atoms with Gasteiger partial charge in [-0.3, -0.25) is 10.1 Å². The summed E-state index contributed by atoms with van der Waals surface area (Å²) in [6.45, 7) is 1.26. The lowest BCUT2D eigenvalue weighted by molar-refractivity contribution is -0.384. The van der Waals surface area contributed by atoms with Gasteiger partial charge in [-0.1, -0.05) is 0 Å². The number of benzene rings is 1. The number of nitrogens with zero attached hydrogens (tertiary/aromatic N) is 1. The smallest absolute Gasteiger partial charge is 0.270 e. The van der Waals surface area contributed by atoms with Crippen molar-refractivity contribution in [3.05, 3.63) is 56.3 Å². The van der Waals surface area contributed by atoms with Gasteiger partial charge in [-0.05, 0) is 28.5 Å². The number of nitro groups is 1. The average Bonchev–Trinajstić information content (AvgIpc) is 2.91. The number of rotatable bonds is 6. The summed E-state index contributed by atoms with van der Waals surface area (Å²) in [5, 5.41) is 18.1. The lowest BCUT2D eigenvalue weighted by Gasteiger charge is -2.09. The third-order valence-electron chi connectivity index (χ3n) is 2.70. The predicted molar refractivity (Wildman–Crippen MR) is 74.5 cm³/mol. The highest BCUT2D eigenvalue weighted by Gasteiger charge is 2.10. The third kappa shape index (κ3) is 3.52. The van der Waals surface area contributed by atoms with Crippen LogP contribution in [0.4, 0.5) is 5.69 Å². The van der Waals surface area contributed by atoms with Gasteiger partial charge in [0.25, 0.3) is 5.69 Å². The molecule has 1 N–H and O–H groups in total. The minimum atomic E-state index is -0.401. The highest BCUT2D eigenvalue weighted by atomic mass is 32.1. The Balaban J connectivity index is 2.04. The quantitative estimate of drug-likeness (QED) is 0.651. The van der Waals surface area contributed by atoms with E-state index in [-0.39, 0.29) is 5.69 Å². The van der Waals surface area contributed by atoms with Crippen molar-refractivity contribution in [2.24, 2.45) is 0 Å². The summed E-state index contributed by atoms with van der Waals surface area (Å²) in [5.41, 5.74) is 2.06. The Morgan fingerprint density at radius 2 is 2.21 bits per heavy atom. The zero-order valence-corrected chi connectivity index (χ0v) is 11.3. The third-order valence-corrected chi connectivity index (χ3v) is 3.43. The average molecular weight is 278 g/mol. The molecule has 0 saturated heterocycles. The second kappa shape index (κ2) is 6.31. The maximum atomic E-state index is 10.8. The van der Waals surface area contributed by atoms with Crippen LogP contribution in [0.25, 0.3) is 0 Å². The second-order valence-electron chi connectivity index (χ2n) is 3.99. The zero-order valence-electron chi connectivity index (χ0n) is 10.5. The molecular formula is C13H14N2O3S. The highest BCUT2D eigenvalue weighted by molar-refractivity contribution is 7.07. The molecule has 0 aliphatic rings. The monoisotopic (exact) mass is 278 g/mol. The molecular weight excluding hydrogens is 264 g/mol. The molecule has 1 heterocycles. The lowest BCUT2D eigenvalue weighted by atomic mass is 10.1. The molecule has 6 heteroatoms. The summed E-state index contributed by atoms with van der Waals surface area (Å²) in [7, 11) is 1.56. The van der Waals surface area contributed by atoms with Crippen molar-refractivity contribution in [3.63, 3.8) is 0 Å². The molecule has 1 aromatic carbocycles. The van der Waals surface area contributed by atoms with Gasteiger partial charge in [0, 0.05) is 30.8 Å². The summed E-state index contributed by atoms with van der Waals surface area (Å²) in [6, 6.07) is 6.66. The Morgan fingerprint density at radius 1 is 1.37 bits per heavy atom. The molecule has 2 aromatic rings. The SMILES string of the molecule is COc1ccc([N+](=O)[O-])cc1CNCc1ccsc1. The van der Waals surface area contributed by atoms with E-state index in [1.54, 1.807) is 30.6 Å². The van der Waals surface area contributed by atoms with E-state index >= 15 is 0 Å². The molecule has 0 aliphatic carbocycles. The van der Waals surface area contributed by atoms with Crippen LogP contribution in [0.15, 0.2) is 35.0 Å². The molecule has 0 unspecified atom stereocenters. The molecule has 0 aliphatic heterocycles. The van der Waals surface area contributed by atoms with Crippen LogP contribution in [0.2, 0.25) is 0 Å². The van der Waals surface area contributed by atoms with Gasteiger partial charge >= 0.3 is 0 Å². The number of ether oxygens (including phenoxy) is 1. The van der Waals surface area contributed by atoms with Gasteiger partial charge in [0.05, 0.1) is 12.0 Å². The molecule has 100 valence electrons. The summed E-state index contributed by atoms with van der Waals surface area (Å²) in [5.74, 6) is 0.656. The number of thiophene rings is 1. The molecule has 0 radical (unpaired) electrons. The highest BCUT2D eigenvalue weighted by Crippen LogP contribution is 2.23. The van der Waals surface area contributed by atoms with E-state index in [0.29, 0.717) is 12.3 Å². The Morgan fingerprint density at radius 3 is 2.84 bits per heavy atom. The predicted octanol–water partition coefficient (Wildman–Crippen LogP) is 2.95. The number of hydrogen-bond donors (Lipinski definition) is 1. The number of nitro benzene ring substituents is 1. The van der Waals surface area contributed by atoms with E-state index in [4.69, 9.17) is 4.74 Å². The van der Waals surface area contributed by atoms with Crippen molar-refractivity contribution >= 4 is 17.0 Å². The fourth-order valence-electron chi connectivity index (χ4n) is 1.75. The van der Waals surface area contributed by atoms with Gasteiger partial charge in [-0.25, -0.2) is 0 Å². The van der Waals surface area contributed by atoms with E-state index in [0.717, 1.165) is 12.1 Å². The summed E-state index contributed by atoms with van der Waals surface area (Å²) in [4.78, 5) is 10.4. The van der Waals surface area contributed by atoms with E-state index in [2.05, 4.69) is 10.7 Å². The zero-order chi connectivity index (χ0) is 13.7. The molecule has 0 atom stereocenters. The molecule has 1 aromatic heterocycles. The van der Waals surface area contributed by atoms with Crippen molar-refractivity contribution in [2.45, 2.75) is 13.1 Å². The first-order chi connectivity index (χ1) is 9.20. The van der Waals surface area contributed by atoms with Gasteiger partial charge in [-0.2, -0.15) is 11.3 Å². The molecule has 0 fully saturated rings. The van der Waals surface area contributed by atoms with Crippen molar-refractivity contribution in [2.75, 3.05) is 7.11 Å². The van der Waals surface area contributed by atoms with Gasteiger partial charge in [0.15, 0.2) is 0 Å². The van der Waals surface area contributed by atoms with Crippen LogP contribution in [-0.2, 0) is 13.1 Å². The van der Waals surface area contributed by atoms with Crippen molar-refractivity contribution in [3.8, 4) is 5.75 Å². The van der Waals surface area contributed by atoms with Crippen molar-refractivity contribution in [1.29, 1.82) is 0 Å². The topological polar surface area (TPSA) is 64.4 Å². The first-order valence-corrected chi connectivity index (χ1v) is 6.68. The van der Waals surface area contributed by atoms with Crippen LogP contribution < -0.4 is 10.1 Å². The number of hydrogen-bond acceptors (Lipinski definition) is 5. The van der Waals surface area contributed by atoms with E-state index in [1.165, 1.54) is 11.6 Å². The summed E-state index contributed by atoms with van der Waals surface area (Å²) in [6.07, 6.45) is 0. The minimum absolute atomic E-state index is 0.0770. The van der Waals surface area contributed by atoms with Crippen LogP contribution in [0.1, 0.15) is 11.1 Å². The first-order valence-electron chi connectivity index (χ1n) is 5.74. The van der Waals surface area contributed by atoms with Crippen LogP contribution in [0.3, 0.4) is 0 Å². The van der Waals surface area contributed by atoms with Crippen molar-refractivity contribution < 1.29 is 9.66 Å². The number of methoxy groups -OCH3 is 1. The number of non-ortho nitro benzene ring substituents is 1. The first kappa shape index (κ1) is 13.5. The van der Waals surface area contributed by atoms with E-state index < -0.39 is 4.92 Å². The van der Waals surface area contributed by atoms with Gasteiger partial charge in [0.1, 0.15) is 5.75 Å². The standard InChI is InChI=1S/C13H14N2O3S/c1-18-13-3-2-12(15(16)17)6-11(13)8-14-7-10-4-5-19-9-10/h2-6,9,14H,7-8H2,1H3. The second-order valence-corrected chi connectivity index (χ2v) is 4.77. The molecule has 0 bridgehead atoms. The normalized spacial score (nSPS) is 10.4. The summed E-state index contributed by atoms with van der Waals surface area (Å²) < 4.78 is 5.21. The van der Waals surface area contributed by atoms with Crippen LogP contribution in [0, 0.1) is 10.1 Å². The Bertz CT molecular complexity index is 555. The molecule has 19 heavy (non-hydrogen) atoms. The Labute approximate surface area is 115 Å². The van der Waals surface area contributed by atoms with Gasteiger partial charge in [-0.15, -0.1) is 0 Å². The van der Waals surface area contributed by atoms with Crippen molar-refractivity contribution in [1.82, 2.24) is 5.32 Å². The van der Waals surface area contributed by atoms with Crippen LogP contribution >= 0.6 is 11.3 Å². The molecule has 5 nitrogen and oxygen atoms in total. The van der Waals surface area contributed by atoms with Gasteiger partial charge < -0.3 is 10.1 Å². The summed E-state index contributed by atoms with van der Waals surface area (Å²) >= 11 is 1.65. The maximum Gasteiger partial charge on any atom is 0.270 e. The Hall–Kier alpha value is -1.92. The minimum Gasteiger partial charge on any atom is -0.496 e. The maximum absolute atomic E-state index is 10.8. The van der Waals surface area contributed by atoms with E-state index in [9.17, 15) is 10.1 Å². The number of nitrogens with one attached hydrogen (secondary N) is 1. The largest absolute Gasteiger partial charge is 0.496 e. The van der Waals surface area contributed by atoms with Crippen LogP contribution in [-0.4, -0.2) is 12.0 Å². The van der Waals surface area contributed by atoms with E-state index in [1.807, 2.05) is 11.4 Å². The molecule has 0 saturated carbocycles. The lowest BCUT2D eigenvalue weighted by Crippen LogP contribution is -2.13. The molecule has 0 spiro atoms.